The van der Waals surface area contributed by atoms with Crippen molar-refractivity contribution in [2.45, 2.75) is 77.5 Å². The Labute approximate surface area is 424 Å². The van der Waals surface area contributed by atoms with Crippen LogP contribution >= 0.6 is 82.8 Å². The number of rotatable bonds is 10. The molecule has 3 heterocycles. The molecule has 2 amide bonds. The van der Waals surface area contributed by atoms with Gasteiger partial charge in [-0.3, -0.25) is 29.2 Å². The summed E-state index contributed by atoms with van der Waals surface area (Å²) in [6, 6.07) is -3.53. The minimum Gasteiger partial charge on any atom is -0.548 e. The number of methoxy groups -OCH3 is 2. The van der Waals surface area contributed by atoms with Crippen molar-refractivity contribution in [1.29, 1.82) is 0 Å². The maximum absolute atomic E-state index is 10.9. The standard InChI is InChI=1S/C6H11NO3S.C6H9NO2S.C6H9NOS.C5H9NO3S.C4H8O.C3H7NO2S.CH4O.Cl2OS.H3N.Na.H2O/c1-4(8)7-5(3-11)6(9)10-2;1-4-7-5(3-10-4)6(8)9-2;1-4(8)6-3-9-5(2)7-6;1-3(7)6-4(2-10)5(8)9;1-2-4-5-3-1;4-2(1-7)3(5)6;1-2;1-4(2)3;;;/h5,11H,3H2,1-2H3,(H,7,8);5H,3H2,1-2H3;6H,3H2,1-2H3;4,10H,2H2,1H3,(H,6,7)(H,8,9);1-4H2;2,7H,1,4H2,(H,5,6);2H,1H3;;1H3;;1H2/q;;;;;;;;;+1;/p-1/t5-;;;4-;;2-;;;;;/m0..0.0...../s1/i1D3;;;1D3;;;;;;;. The number of aliphatic imine (C=N–C) groups is 2. The number of amides is 2. The zero-order valence-corrected chi connectivity index (χ0v) is 43.2. The van der Waals surface area contributed by atoms with Gasteiger partial charge in [-0.2, -0.15) is 37.9 Å². The number of carbonyl (C=O) groups is 7. The number of aliphatic carboxylic acids is 2. The monoisotopic (exact) mass is 1050 g/mol. The molecule has 1 saturated heterocycles. The largest absolute Gasteiger partial charge is 1.00 e. The van der Waals surface area contributed by atoms with Crippen LogP contribution in [0.3, 0.4) is 0 Å². The second-order valence-corrected chi connectivity index (χ2v) is 16.0. The van der Waals surface area contributed by atoms with Crippen molar-refractivity contribution in [2.24, 2.45) is 15.7 Å². The van der Waals surface area contributed by atoms with Crippen LogP contribution in [0.5, 0.6) is 0 Å². The van der Waals surface area contributed by atoms with Crippen LogP contribution in [0.25, 0.3) is 0 Å². The van der Waals surface area contributed by atoms with Crippen molar-refractivity contribution < 1.29 is 111 Å². The molecule has 0 aromatic carbocycles. The van der Waals surface area contributed by atoms with Gasteiger partial charge in [0.1, 0.15) is 18.1 Å². The minimum atomic E-state index is -2.85. The smallest absolute Gasteiger partial charge is 0.548 e. The molecule has 3 rings (SSSR count). The fourth-order valence-electron chi connectivity index (χ4n) is 2.86. The average Bonchev–Trinajstić information content (AvgIpc) is 4.04. The molecule has 0 aromatic heterocycles. The Morgan fingerprint density at radius 3 is 1.51 bits per heavy atom. The number of esters is 2. The van der Waals surface area contributed by atoms with Crippen LogP contribution in [0.4, 0.5) is 0 Å². The van der Waals surface area contributed by atoms with E-state index in [0.29, 0.717) is 0 Å². The van der Waals surface area contributed by atoms with Crippen molar-refractivity contribution in [3.63, 3.8) is 0 Å². The number of carbonyl (C=O) groups excluding carboxylic acids is 6. The molecule has 21 nitrogen and oxygen atoms in total. The van der Waals surface area contributed by atoms with Crippen LogP contribution in [-0.4, -0.2) is 165 Å². The summed E-state index contributed by atoms with van der Waals surface area (Å²) < 4.78 is 63.0. The van der Waals surface area contributed by atoms with Gasteiger partial charge < -0.3 is 62.3 Å². The summed E-state index contributed by atoms with van der Waals surface area (Å²) in [6.45, 7) is 1.81. The molecule has 1 fully saturated rings. The van der Waals surface area contributed by atoms with Gasteiger partial charge in [-0.1, -0.05) is 0 Å². The van der Waals surface area contributed by atoms with Crippen molar-refractivity contribution in [3.8, 4) is 0 Å². The molecule has 0 radical (unpaired) electrons. The normalized spacial score (nSPS) is 18.0. The molecule has 3 aliphatic heterocycles. The first-order valence-corrected chi connectivity index (χ1v) is 22.5. The number of nitrogens with two attached hydrogens (primary N) is 1. The molecule has 0 aliphatic carbocycles. The van der Waals surface area contributed by atoms with E-state index in [1.54, 1.807) is 35.8 Å². The molecule has 356 valence electrons. The van der Waals surface area contributed by atoms with Crippen LogP contribution in [-0.2, 0) is 57.0 Å². The Bertz CT molecular complexity index is 1510. The Morgan fingerprint density at radius 1 is 0.918 bits per heavy atom. The molecule has 0 bridgehead atoms. The van der Waals surface area contributed by atoms with Crippen molar-refractivity contribution in [3.05, 3.63) is 0 Å². The third kappa shape index (κ3) is 53.4. The SMILES string of the molecule is C1CCOC1.CC(=O)C1CSC(C)=N1.CO.COC(=O)C1CSC(C)=N1.N.N[C@@H](CS)C(=O)O.O.O=S(Cl)Cl.[2H]C([2H])([2H])C(=O)N[C@@H](CS)C(=O)OC.[2H]C([2H])([2H])C(=O)N[C@@H](CS)C(=O)[O-].[Na+]. The summed E-state index contributed by atoms with van der Waals surface area (Å²) in [5.74, 6) is -4.32. The van der Waals surface area contributed by atoms with Crippen molar-refractivity contribution in [1.82, 2.24) is 16.8 Å². The van der Waals surface area contributed by atoms with E-state index in [1.165, 1.54) is 20.0 Å². The maximum Gasteiger partial charge on any atom is 1.00 e. The van der Waals surface area contributed by atoms with E-state index in [-0.39, 0.29) is 82.3 Å². The van der Waals surface area contributed by atoms with Crippen molar-refractivity contribution in [2.75, 3.05) is 63.3 Å². The fraction of sp³-hybridized carbons (Fsp3) is 0.710. The third-order valence-electron chi connectivity index (χ3n) is 5.61. The fourth-order valence-corrected chi connectivity index (χ4v) is 5.22. The van der Waals surface area contributed by atoms with Crippen LogP contribution in [0, 0.1) is 0 Å². The van der Waals surface area contributed by atoms with Crippen LogP contribution in [0.15, 0.2) is 9.98 Å². The number of aliphatic hydroxyl groups is 1. The summed E-state index contributed by atoms with van der Waals surface area (Å²) in [4.78, 5) is 82.3. The van der Waals surface area contributed by atoms with Gasteiger partial charge in [-0.25, -0.2) is 13.8 Å². The molecular weight excluding hydrogens is 983 g/mol. The number of halogens is 2. The summed E-state index contributed by atoms with van der Waals surface area (Å²) in [5.41, 5.74) is 4.94. The second-order valence-electron chi connectivity index (χ2n) is 9.97. The van der Waals surface area contributed by atoms with E-state index < -0.39 is 70.8 Å². The minimum absolute atomic E-state index is 0. The Morgan fingerprint density at radius 2 is 1.31 bits per heavy atom. The Balaban J connectivity index is -0.000000102. The van der Waals surface area contributed by atoms with Gasteiger partial charge in [-0.05, 0) is 33.6 Å². The topological polar surface area (TPSA) is 369 Å². The summed E-state index contributed by atoms with van der Waals surface area (Å²) in [7, 11) is 10.9. The summed E-state index contributed by atoms with van der Waals surface area (Å²) >= 11 is 14.3. The van der Waals surface area contributed by atoms with Crippen molar-refractivity contribution >= 4 is 144 Å². The van der Waals surface area contributed by atoms with Gasteiger partial charge in [0.05, 0.1) is 36.3 Å². The number of thioether (sulfide) groups is 2. The average molecular weight is 1050 g/mol. The number of Topliss-reactive ketones (excluding diaryl/α,β-unsaturated/α-hetero) is 1. The predicted octanol–water partition coefficient (Wildman–Crippen LogP) is -3.32. The molecule has 30 heteroatoms. The summed E-state index contributed by atoms with van der Waals surface area (Å²) in [6.07, 6.45) is 2.56. The maximum atomic E-state index is 10.9. The second kappa shape index (κ2) is 51.7. The van der Waals surface area contributed by atoms with Crippen LogP contribution < -0.4 is 57.2 Å². The molecule has 0 spiro atoms. The number of ketones is 1. The molecule has 2 unspecified atom stereocenters. The first-order valence-electron chi connectivity index (χ1n) is 18.9. The van der Waals surface area contributed by atoms with E-state index in [4.69, 9.17) is 33.1 Å². The van der Waals surface area contributed by atoms with E-state index in [1.807, 2.05) is 19.2 Å². The first kappa shape index (κ1) is 62.2. The molecule has 3 aliphatic rings. The number of thiol groups is 3. The number of carboxylic acid groups (broad SMARTS) is 2. The van der Waals surface area contributed by atoms with Gasteiger partial charge in [0, 0.05) is 92.4 Å². The molecule has 0 aromatic rings. The first-order chi connectivity index (χ1) is 29.5. The van der Waals surface area contributed by atoms with E-state index in [0.717, 1.165) is 49.0 Å². The van der Waals surface area contributed by atoms with Gasteiger partial charge in [0.2, 0.25) is 21.0 Å². The molecule has 61 heavy (non-hydrogen) atoms. The zero-order chi connectivity index (χ0) is 51.4. The number of carboxylic acids is 2. The number of hydrogen-bond donors (Lipinski definition) is 9. The zero-order valence-electron chi connectivity index (χ0n) is 40.5. The van der Waals surface area contributed by atoms with E-state index in [9.17, 15) is 38.7 Å². The van der Waals surface area contributed by atoms with Gasteiger partial charge in [-0.15, -0.1) is 23.5 Å². The van der Waals surface area contributed by atoms with E-state index in [2.05, 4.69) is 78.7 Å². The molecular formula is C31H61Cl2N6NaO15S6. The number of ether oxygens (including phenoxy) is 3. The van der Waals surface area contributed by atoms with Crippen LogP contribution in [0.1, 0.15) is 55.5 Å². The van der Waals surface area contributed by atoms with Gasteiger partial charge >= 0.3 is 47.5 Å². The number of aliphatic hydroxyl groups excluding tert-OH is 1. The summed E-state index contributed by atoms with van der Waals surface area (Å²) in [5, 5.41) is 31.0. The van der Waals surface area contributed by atoms with Crippen LogP contribution in [0.2, 0.25) is 0 Å². The van der Waals surface area contributed by atoms with Gasteiger partial charge in [0.25, 0.3) is 0 Å². The quantitative estimate of drug-likeness (QED) is 0.0448. The van der Waals surface area contributed by atoms with Gasteiger partial charge in [0.15, 0.2) is 11.8 Å². The molecule has 5 atom stereocenters. The Hall–Kier alpha value is -0.890. The predicted molar refractivity (Wildman–Crippen MR) is 247 cm³/mol. The van der Waals surface area contributed by atoms with E-state index >= 15 is 0 Å². The molecule has 0 saturated carbocycles. The number of hydrogen-bond acceptors (Lipinski definition) is 22. The third-order valence-corrected chi connectivity index (χ3v) is 8.74. The number of nitrogens with zero attached hydrogens (tertiary/aromatic N) is 2. The Kier molecular flexibility index (Phi) is 52.8. The number of nitrogens with one attached hydrogen (secondary N) is 2. The molecule has 11 N–H and O–H groups in total.